The van der Waals surface area contributed by atoms with E-state index in [0.717, 1.165) is 0 Å². The standard InChI is InChI=1S/C11H19NO8/c1-12(2,3)5-6(4-7(13)14)20-9(11(18)19)8(15)10(16)17/h6,8-9,15H,4-5H2,1-3H3,(H2-,13,14,16,17,18,19)/p+1/t6-,8?,9?/m0/s1. The van der Waals surface area contributed by atoms with Crippen LogP contribution in [-0.2, 0) is 19.1 Å². The largest absolute Gasteiger partial charge is 0.481 e. The summed E-state index contributed by atoms with van der Waals surface area (Å²) in [5.74, 6) is -4.63. The molecule has 0 heterocycles. The van der Waals surface area contributed by atoms with Gasteiger partial charge in [0, 0.05) is 0 Å². The van der Waals surface area contributed by atoms with Crippen molar-refractivity contribution in [2.75, 3.05) is 27.7 Å². The normalized spacial score (nSPS) is 16.2. The molecular formula is C11H20NO8+. The number of ether oxygens (including phenoxy) is 1. The van der Waals surface area contributed by atoms with Crippen LogP contribution in [0.3, 0.4) is 0 Å². The molecule has 2 unspecified atom stereocenters. The molecule has 0 aromatic heterocycles. The van der Waals surface area contributed by atoms with Gasteiger partial charge in [0.05, 0.1) is 27.6 Å². The molecule has 0 fully saturated rings. The van der Waals surface area contributed by atoms with Gasteiger partial charge in [-0.2, -0.15) is 0 Å². The minimum atomic E-state index is -2.27. The number of rotatable bonds is 9. The maximum atomic E-state index is 10.9. The molecule has 0 rings (SSSR count). The summed E-state index contributed by atoms with van der Waals surface area (Å²) in [6, 6.07) is 0. The van der Waals surface area contributed by atoms with Crippen LogP contribution in [-0.4, -0.2) is 88.8 Å². The average molecular weight is 294 g/mol. The van der Waals surface area contributed by atoms with Gasteiger partial charge in [-0.25, -0.2) is 9.59 Å². The number of aliphatic hydroxyl groups is 1. The maximum absolute atomic E-state index is 10.9. The summed E-state index contributed by atoms with van der Waals surface area (Å²) in [6.07, 6.45) is -5.83. The van der Waals surface area contributed by atoms with Crippen molar-refractivity contribution >= 4 is 17.9 Å². The van der Waals surface area contributed by atoms with E-state index in [0.29, 0.717) is 0 Å². The van der Waals surface area contributed by atoms with Crippen molar-refractivity contribution in [2.24, 2.45) is 0 Å². The molecule has 9 heteroatoms. The number of carboxylic acids is 3. The van der Waals surface area contributed by atoms with Gasteiger partial charge in [-0.05, 0) is 0 Å². The van der Waals surface area contributed by atoms with Crippen molar-refractivity contribution in [3.05, 3.63) is 0 Å². The zero-order valence-corrected chi connectivity index (χ0v) is 11.5. The highest BCUT2D eigenvalue weighted by Crippen LogP contribution is 2.11. The molecular weight excluding hydrogens is 274 g/mol. The van der Waals surface area contributed by atoms with Crippen molar-refractivity contribution in [1.29, 1.82) is 0 Å². The molecule has 116 valence electrons. The van der Waals surface area contributed by atoms with Crippen LogP contribution in [0.25, 0.3) is 0 Å². The third-order valence-electron chi connectivity index (χ3n) is 2.28. The fourth-order valence-electron chi connectivity index (χ4n) is 1.57. The lowest BCUT2D eigenvalue weighted by molar-refractivity contribution is -0.873. The molecule has 0 amide bonds. The Morgan fingerprint density at radius 3 is 1.85 bits per heavy atom. The first-order valence-electron chi connectivity index (χ1n) is 5.75. The van der Waals surface area contributed by atoms with E-state index in [1.807, 2.05) is 0 Å². The minimum Gasteiger partial charge on any atom is -0.481 e. The summed E-state index contributed by atoms with van der Waals surface area (Å²) < 4.78 is 5.28. The molecule has 0 aromatic rings. The summed E-state index contributed by atoms with van der Waals surface area (Å²) >= 11 is 0. The van der Waals surface area contributed by atoms with E-state index in [2.05, 4.69) is 0 Å². The second kappa shape index (κ2) is 7.17. The third-order valence-corrected chi connectivity index (χ3v) is 2.28. The summed E-state index contributed by atoms with van der Waals surface area (Å²) in [5.41, 5.74) is 0. The molecule has 0 bridgehead atoms. The fourth-order valence-corrected chi connectivity index (χ4v) is 1.57. The van der Waals surface area contributed by atoms with Crippen LogP contribution in [0.5, 0.6) is 0 Å². The second-order valence-corrected chi connectivity index (χ2v) is 5.37. The fraction of sp³-hybridized carbons (Fsp3) is 0.727. The molecule has 0 aromatic carbocycles. The summed E-state index contributed by atoms with van der Waals surface area (Å²) in [4.78, 5) is 32.3. The van der Waals surface area contributed by atoms with Crippen molar-refractivity contribution in [3.63, 3.8) is 0 Å². The number of hydrogen-bond acceptors (Lipinski definition) is 5. The Balaban J connectivity index is 5.02. The van der Waals surface area contributed by atoms with Crippen LogP contribution in [0.2, 0.25) is 0 Å². The van der Waals surface area contributed by atoms with E-state index in [1.54, 1.807) is 21.1 Å². The number of likely N-dealkylation sites (N-methyl/N-ethyl adjacent to an activating group) is 1. The molecule has 0 radical (unpaired) electrons. The SMILES string of the molecule is C[N+](C)(C)C[C@H](CC(=O)O)OC(C(=O)O)C(O)C(=O)O. The number of quaternary nitrogens is 1. The highest BCUT2D eigenvalue weighted by Gasteiger charge is 2.37. The average Bonchev–Trinajstić information content (AvgIpc) is 2.20. The first-order chi connectivity index (χ1) is 8.94. The van der Waals surface area contributed by atoms with Gasteiger partial charge >= 0.3 is 17.9 Å². The van der Waals surface area contributed by atoms with E-state index >= 15 is 0 Å². The summed E-state index contributed by atoms with van der Waals surface area (Å²) in [6.45, 7) is 0.141. The molecule has 0 saturated carbocycles. The molecule has 0 saturated heterocycles. The van der Waals surface area contributed by atoms with Gasteiger partial charge < -0.3 is 29.6 Å². The Labute approximate surface area is 115 Å². The Bertz CT molecular complexity index is 375. The predicted octanol–water partition coefficient (Wildman–Crippen LogP) is -1.55. The minimum absolute atomic E-state index is 0.141. The lowest BCUT2D eigenvalue weighted by atomic mass is 10.1. The van der Waals surface area contributed by atoms with Gasteiger partial charge in [-0.15, -0.1) is 0 Å². The molecule has 3 atom stereocenters. The molecule has 0 aliphatic rings. The highest BCUT2D eigenvalue weighted by atomic mass is 16.5. The highest BCUT2D eigenvalue weighted by molar-refractivity contribution is 5.83. The molecule has 4 N–H and O–H groups in total. The van der Waals surface area contributed by atoms with Crippen molar-refractivity contribution < 1.29 is 44.0 Å². The third kappa shape index (κ3) is 7.02. The van der Waals surface area contributed by atoms with E-state index in [1.165, 1.54) is 0 Å². The van der Waals surface area contributed by atoms with Gasteiger partial charge in [-0.1, -0.05) is 0 Å². The van der Waals surface area contributed by atoms with E-state index < -0.39 is 42.6 Å². The van der Waals surface area contributed by atoms with E-state index in [4.69, 9.17) is 20.1 Å². The molecule has 0 spiro atoms. The predicted molar refractivity (Wildman–Crippen MR) is 65.1 cm³/mol. The van der Waals surface area contributed by atoms with Gasteiger partial charge in [0.1, 0.15) is 12.6 Å². The number of nitrogens with zero attached hydrogens (tertiary/aromatic N) is 1. The van der Waals surface area contributed by atoms with Gasteiger partial charge in [0.25, 0.3) is 0 Å². The summed E-state index contributed by atoms with van der Waals surface area (Å²) in [7, 11) is 5.21. The number of hydrogen-bond donors (Lipinski definition) is 4. The van der Waals surface area contributed by atoms with Crippen molar-refractivity contribution in [3.8, 4) is 0 Å². The zero-order valence-electron chi connectivity index (χ0n) is 11.5. The van der Waals surface area contributed by atoms with Crippen LogP contribution in [0, 0.1) is 0 Å². The first-order valence-corrected chi connectivity index (χ1v) is 5.75. The molecule has 0 aliphatic heterocycles. The second-order valence-electron chi connectivity index (χ2n) is 5.37. The molecule has 9 nitrogen and oxygen atoms in total. The van der Waals surface area contributed by atoms with Crippen LogP contribution < -0.4 is 0 Å². The van der Waals surface area contributed by atoms with E-state index in [9.17, 15) is 19.5 Å². The van der Waals surface area contributed by atoms with Crippen LogP contribution in [0.4, 0.5) is 0 Å². The Morgan fingerprint density at radius 2 is 1.55 bits per heavy atom. The topological polar surface area (TPSA) is 141 Å². The Hall–Kier alpha value is -1.71. The smallest absolute Gasteiger partial charge is 0.336 e. The lowest BCUT2D eigenvalue weighted by Gasteiger charge is -2.30. The van der Waals surface area contributed by atoms with E-state index in [-0.39, 0.29) is 11.0 Å². The van der Waals surface area contributed by atoms with Crippen LogP contribution in [0.15, 0.2) is 0 Å². The maximum Gasteiger partial charge on any atom is 0.336 e. The number of aliphatic hydroxyl groups excluding tert-OH is 1. The van der Waals surface area contributed by atoms with Gasteiger partial charge in [0.2, 0.25) is 0 Å². The summed E-state index contributed by atoms with van der Waals surface area (Å²) in [5, 5.41) is 35.5. The van der Waals surface area contributed by atoms with Crippen LogP contribution >= 0.6 is 0 Å². The lowest BCUT2D eigenvalue weighted by Crippen LogP contribution is -2.49. The number of aliphatic carboxylic acids is 3. The van der Waals surface area contributed by atoms with Crippen molar-refractivity contribution in [1.82, 2.24) is 0 Å². The number of carboxylic acid groups (broad SMARTS) is 3. The molecule has 0 aliphatic carbocycles. The molecule has 20 heavy (non-hydrogen) atoms. The van der Waals surface area contributed by atoms with Crippen LogP contribution in [0.1, 0.15) is 6.42 Å². The monoisotopic (exact) mass is 294 g/mol. The Kier molecular flexibility index (Phi) is 6.56. The van der Waals surface area contributed by atoms with Gasteiger partial charge in [-0.3, -0.25) is 4.79 Å². The Morgan fingerprint density at radius 1 is 1.05 bits per heavy atom. The first kappa shape index (κ1) is 18.3. The van der Waals surface area contributed by atoms with Gasteiger partial charge in [0.15, 0.2) is 12.2 Å². The quantitative estimate of drug-likeness (QED) is 0.374. The number of carbonyl (C=O) groups is 3. The zero-order chi connectivity index (χ0) is 16.1. The van der Waals surface area contributed by atoms with Crippen molar-refractivity contribution in [2.45, 2.75) is 24.7 Å².